The Morgan fingerprint density at radius 1 is 0.731 bits per heavy atom. The first-order chi connectivity index (χ1) is 24.0. The Morgan fingerprint density at radius 2 is 1.19 bits per heavy atom. The number of amides is 1. The molecule has 0 aliphatic carbocycles. The van der Waals surface area contributed by atoms with E-state index >= 15 is 0 Å². The van der Waals surface area contributed by atoms with Crippen molar-refractivity contribution in [1.82, 2.24) is 15.5 Å². The number of anilines is 1. The van der Waals surface area contributed by atoms with Gasteiger partial charge in [-0.25, -0.2) is 14.4 Å². The Labute approximate surface area is 288 Å². The number of rotatable bonds is 6. The third-order valence-electron chi connectivity index (χ3n) is 7.07. The van der Waals surface area contributed by atoms with Crippen LogP contribution in [0.3, 0.4) is 0 Å². The average molecular weight is 755 g/mol. The van der Waals surface area contributed by atoms with E-state index < -0.39 is 36.4 Å². The maximum atomic E-state index is 12.4. The first-order valence-electron chi connectivity index (χ1n) is 14.7. The second kappa shape index (κ2) is 18.2. The normalized spacial score (nSPS) is 16.6. The lowest BCUT2D eigenvalue weighted by Gasteiger charge is -2.27. The van der Waals surface area contributed by atoms with Crippen LogP contribution in [-0.2, 0) is 27.5 Å². The third-order valence-corrected chi connectivity index (χ3v) is 7.07. The monoisotopic (exact) mass is 754 g/mol. The number of carbonyl (C=O) groups excluding carboxylic acids is 1. The molecule has 284 valence electrons. The lowest BCUT2D eigenvalue weighted by Crippen LogP contribution is -2.42. The Hall–Kier alpha value is -5.37. The number of alkyl halides is 9. The van der Waals surface area contributed by atoms with E-state index in [1.54, 1.807) is 24.3 Å². The van der Waals surface area contributed by atoms with Gasteiger partial charge in [-0.15, -0.1) is 0 Å². The number of nitrogens with one attached hydrogen (secondary N) is 2. The van der Waals surface area contributed by atoms with E-state index in [9.17, 15) is 44.3 Å². The first-order valence-corrected chi connectivity index (χ1v) is 14.7. The lowest BCUT2D eigenvalue weighted by atomic mass is 10.0. The Bertz CT molecular complexity index is 1640. The number of nitrogens with two attached hydrogens (primary N) is 1. The van der Waals surface area contributed by atoms with Crippen LogP contribution in [0, 0.1) is 0 Å². The predicted octanol–water partition coefficient (Wildman–Crippen LogP) is 5.31. The molecule has 0 aromatic heterocycles. The zero-order chi connectivity index (χ0) is 39.4. The highest BCUT2D eigenvalue weighted by Gasteiger charge is 2.40. The molecular formula is C32H31F9N4O7. The minimum atomic E-state index is -5.08. The summed E-state index contributed by atoms with van der Waals surface area (Å²) in [5.74, 6) is -8.39. The highest BCUT2D eigenvalue weighted by molar-refractivity contribution is 5.95. The number of fused-ring (bicyclic) bond motifs is 2. The van der Waals surface area contributed by atoms with Gasteiger partial charge in [-0.3, -0.25) is 9.69 Å². The van der Waals surface area contributed by atoms with E-state index in [0.29, 0.717) is 29.9 Å². The minimum Gasteiger partial charge on any atom is -0.475 e. The Morgan fingerprint density at radius 3 is 1.62 bits per heavy atom. The molecule has 2 bridgehead atoms. The number of hydrogen-bond donors (Lipinski definition) is 6. The molecule has 7 N–H and O–H groups in total. The molecule has 5 rings (SSSR count). The van der Waals surface area contributed by atoms with Crippen molar-refractivity contribution in [3.8, 4) is 11.1 Å². The summed E-state index contributed by atoms with van der Waals surface area (Å²) in [4.78, 5) is 41.7. The molecule has 11 nitrogen and oxygen atoms in total. The van der Waals surface area contributed by atoms with Crippen molar-refractivity contribution in [1.29, 1.82) is 0 Å². The molecule has 0 saturated carbocycles. The van der Waals surface area contributed by atoms with Crippen LogP contribution in [0.1, 0.15) is 27.9 Å². The highest BCUT2D eigenvalue weighted by atomic mass is 19.4. The molecule has 1 amide bonds. The number of piperazine rings is 1. The van der Waals surface area contributed by atoms with Gasteiger partial charge in [0.2, 0.25) is 0 Å². The van der Waals surface area contributed by atoms with Crippen molar-refractivity contribution in [2.75, 3.05) is 18.8 Å². The number of halogens is 9. The summed E-state index contributed by atoms with van der Waals surface area (Å²) in [6, 6.07) is 25.6. The van der Waals surface area contributed by atoms with Crippen LogP contribution >= 0.6 is 0 Å². The van der Waals surface area contributed by atoms with E-state index in [1.165, 1.54) is 23.1 Å². The van der Waals surface area contributed by atoms with E-state index in [4.69, 9.17) is 35.4 Å². The molecule has 20 heteroatoms. The number of carbonyl (C=O) groups is 4. The van der Waals surface area contributed by atoms with Gasteiger partial charge in [0, 0.05) is 49.5 Å². The Kier molecular flexibility index (Phi) is 15.0. The number of carboxylic acids is 3. The maximum Gasteiger partial charge on any atom is 0.490 e. The van der Waals surface area contributed by atoms with Crippen LogP contribution in [0.2, 0.25) is 0 Å². The molecule has 3 aromatic carbocycles. The fraction of sp³-hybridized carbons (Fsp3) is 0.312. The number of hydrogen-bond acceptors (Lipinski definition) is 7. The fourth-order valence-corrected chi connectivity index (χ4v) is 4.75. The largest absolute Gasteiger partial charge is 0.490 e. The van der Waals surface area contributed by atoms with Crippen LogP contribution in [0.15, 0.2) is 72.8 Å². The number of carboxylic acid groups (broad SMARTS) is 3. The van der Waals surface area contributed by atoms with Gasteiger partial charge in [-0.2, -0.15) is 39.5 Å². The predicted molar refractivity (Wildman–Crippen MR) is 166 cm³/mol. The molecular weight excluding hydrogens is 723 g/mol. The number of aliphatic carboxylic acids is 3. The van der Waals surface area contributed by atoms with Gasteiger partial charge in [-0.05, 0) is 59.0 Å². The molecule has 0 unspecified atom stereocenters. The highest BCUT2D eigenvalue weighted by Crippen LogP contribution is 2.27. The SMILES string of the molecule is Nc1cccc(C(=O)NCc2cccc(-c3cccc(CN4C[C@@H]5C[C@H]4CN5)c3)c2)c1.O=C(O)C(F)(F)F.O=C(O)C(F)(F)F.O=C(O)C(F)(F)F. The van der Waals surface area contributed by atoms with Crippen molar-refractivity contribution >= 4 is 29.5 Å². The molecule has 2 saturated heterocycles. The molecule has 2 aliphatic rings. The minimum absolute atomic E-state index is 0.117. The topological polar surface area (TPSA) is 182 Å². The molecule has 2 atom stereocenters. The summed E-state index contributed by atoms with van der Waals surface area (Å²) in [6.45, 7) is 3.75. The van der Waals surface area contributed by atoms with E-state index in [1.807, 2.05) is 6.07 Å². The summed E-state index contributed by atoms with van der Waals surface area (Å²) >= 11 is 0. The first kappa shape index (κ1) is 42.8. The standard InChI is InChI=1S/C26H28N4O.3C2HF3O2/c27-23-9-3-8-22(12-23)26(31)29-14-18-4-1-6-20(10-18)21-7-2-5-19(11-21)16-30-17-24-13-25(30)15-28-24;3*3-2(4,5)1(6)7/h1-12,24-25,28H,13-17,27H2,(H,29,31);3*(H,6,7)/t24-,25-;;;/m0.../s1. The van der Waals surface area contributed by atoms with Crippen molar-refractivity contribution in [2.45, 2.75) is 50.1 Å². The zero-order valence-electron chi connectivity index (χ0n) is 26.5. The van der Waals surface area contributed by atoms with Crippen LogP contribution in [0.5, 0.6) is 0 Å². The number of nitrogen functional groups attached to an aromatic ring is 1. The van der Waals surface area contributed by atoms with Gasteiger partial charge < -0.3 is 31.7 Å². The van der Waals surface area contributed by atoms with Crippen LogP contribution in [0.4, 0.5) is 45.2 Å². The third kappa shape index (κ3) is 14.5. The lowest BCUT2D eigenvalue weighted by molar-refractivity contribution is -0.193. The number of nitrogens with zero attached hydrogens (tertiary/aromatic N) is 1. The van der Waals surface area contributed by atoms with Gasteiger partial charge in [0.15, 0.2) is 0 Å². The van der Waals surface area contributed by atoms with E-state index in [2.05, 4.69) is 58.0 Å². The number of benzene rings is 3. The second-order valence-electron chi connectivity index (χ2n) is 11.0. The van der Waals surface area contributed by atoms with Crippen molar-refractivity contribution in [3.05, 3.63) is 89.5 Å². The molecule has 0 radical (unpaired) electrons. The van der Waals surface area contributed by atoms with Gasteiger partial charge in [-0.1, -0.05) is 42.5 Å². The van der Waals surface area contributed by atoms with Gasteiger partial charge in [0.05, 0.1) is 0 Å². The average Bonchev–Trinajstić information content (AvgIpc) is 3.67. The molecule has 2 aliphatic heterocycles. The second-order valence-corrected chi connectivity index (χ2v) is 11.0. The summed E-state index contributed by atoms with van der Waals surface area (Å²) < 4.78 is 95.2. The van der Waals surface area contributed by atoms with Crippen LogP contribution in [-0.4, -0.2) is 87.7 Å². The maximum absolute atomic E-state index is 12.4. The molecule has 2 fully saturated rings. The van der Waals surface area contributed by atoms with Gasteiger partial charge in [0.25, 0.3) is 5.91 Å². The summed E-state index contributed by atoms with van der Waals surface area (Å²) in [6.07, 6.45) is -14.0. The fourth-order valence-electron chi connectivity index (χ4n) is 4.75. The van der Waals surface area contributed by atoms with Gasteiger partial charge >= 0.3 is 36.4 Å². The van der Waals surface area contributed by atoms with Crippen LogP contribution < -0.4 is 16.4 Å². The summed E-state index contributed by atoms with van der Waals surface area (Å²) in [7, 11) is 0. The van der Waals surface area contributed by atoms with Crippen molar-refractivity contribution < 1.29 is 74.0 Å². The molecule has 2 heterocycles. The van der Waals surface area contributed by atoms with Crippen LogP contribution in [0.25, 0.3) is 11.1 Å². The molecule has 52 heavy (non-hydrogen) atoms. The van der Waals surface area contributed by atoms with Gasteiger partial charge in [0.1, 0.15) is 0 Å². The quantitative estimate of drug-likeness (QED) is 0.143. The molecule has 3 aromatic rings. The van der Waals surface area contributed by atoms with Crippen molar-refractivity contribution in [3.63, 3.8) is 0 Å². The Balaban J connectivity index is 0.000000365. The zero-order valence-corrected chi connectivity index (χ0v) is 26.5. The van der Waals surface area contributed by atoms with Crippen molar-refractivity contribution in [2.24, 2.45) is 0 Å². The van der Waals surface area contributed by atoms with E-state index in [0.717, 1.165) is 25.2 Å². The summed E-state index contributed by atoms with van der Waals surface area (Å²) in [5.41, 5.74) is 11.8. The van der Waals surface area contributed by atoms with E-state index in [-0.39, 0.29) is 5.91 Å². The number of likely N-dealkylation sites (tertiary alicyclic amines) is 1. The molecule has 0 spiro atoms. The smallest absolute Gasteiger partial charge is 0.475 e. The summed E-state index contributed by atoms with van der Waals surface area (Å²) in [5, 5.41) is 27.9.